The first-order valence-electron chi connectivity index (χ1n) is 6.25. The summed E-state index contributed by atoms with van der Waals surface area (Å²) in [6.07, 6.45) is 1.90. The zero-order valence-electron chi connectivity index (χ0n) is 11.0. The van der Waals surface area contributed by atoms with E-state index in [1.165, 1.54) is 11.1 Å². The van der Waals surface area contributed by atoms with Crippen LogP contribution in [0.15, 0.2) is 12.3 Å². The Morgan fingerprint density at radius 2 is 2.00 bits per heavy atom. The molecule has 1 fully saturated rings. The van der Waals surface area contributed by atoms with E-state index in [1.54, 1.807) is 0 Å². The summed E-state index contributed by atoms with van der Waals surface area (Å²) in [7, 11) is 0. The Morgan fingerprint density at radius 3 is 2.56 bits per heavy atom. The summed E-state index contributed by atoms with van der Waals surface area (Å²) in [5, 5.41) is 0. The van der Waals surface area contributed by atoms with Crippen LogP contribution in [0.4, 0.5) is 5.82 Å². The average molecular weight is 248 g/mol. The number of carbonyl (C=O) groups excluding carboxylic acids is 1. The van der Waals surface area contributed by atoms with Crippen LogP contribution in [0.5, 0.6) is 0 Å². The molecule has 0 spiro atoms. The van der Waals surface area contributed by atoms with Crippen LogP contribution >= 0.6 is 0 Å². The Labute approximate surface area is 108 Å². The van der Waals surface area contributed by atoms with Crippen molar-refractivity contribution in [2.75, 3.05) is 37.6 Å². The van der Waals surface area contributed by atoms with Crippen LogP contribution in [0.25, 0.3) is 0 Å². The van der Waals surface area contributed by atoms with Crippen molar-refractivity contribution < 1.29 is 4.79 Å². The van der Waals surface area contributed by atoms with E-state index in [1.807, 2.05) is 6.20 Å². The molecule has 1 aromatic heterocycles. The molecular formula is C13H20N4O. The van der Waals surface area contributed by atoms with Crippen molar-refractivity contribution in [3.05, 3.63) is 23.4 Å². The normalized spacial score (nSPS) is 16.9. The van der Waals surface area contributed by atoms with Crippen molar-refractivity contribution in [2.24, 2.45) is 5.73 Å². The minimum Gasteiger partial charge on any atom is -0.369 e. The number of primary amides is 1. The van der Waals surface area contributed by atoms with Crippen LogP contribution in [0.2, 0.25) is 0 Å². The molecule has 0 unspecified atom stereocenters. The molecule has 0 aliphatic carbocycles. The maximum absolute atomic E-state index is 10.9. The van der Waals surface area contributed by atoms with Crippen LogP contribution in [-0.2, 0) is 4.79 Å². The Morgan fingerprint density at radius 1 is 1.33 bits per heavy atom. The number of amides is 1. The zero-order valence-corrected chi connectivity index (χ0v) is 11.0. The molecule has 0 atom stereocenters. The zero-order chi connectivity index (χ0) is 13.1. The number of hydrogen-bond donors (Lipinski definition) is 1. The van der Waals surface area contributed by atoms with E-state index < -0.39 is 0 Å². The molecule has 2 N–H and O–H groups in total. The number of anilines is 1. The molecule has 2 heterocycles. The van der Waals surface area contributed by atoms with Crippen LogP contribution in [0, 0.1) is 13.8 Å². The van der Waals surface area contributed by atoms with Gasteiger partial charge in [0.25, 0.3) is 0 Å². The number of nitrogens with two attached hydrogens (primary N) is 1. The molecule has 5 heteroatoms. The highest BCUT2D eigenvalue weighted by Crippen LogP contribution is 2.19. The number of hydrogen-bond acceptors (Lipinski definition) is 4. The fraction of sp³-hybridized carbons (Fsp3) is 0.538. The summed E-state index contributed by atoms with van der Waals surface area (Å²) < 4.78 is 0. The standard InChI is InChI=1S/C13H20N4O/c1-10-7-11(2)13(15-8-10)17-5-3-16(4-6-17)9-12(14)18/h7-8H,3-6,9H2,1-2H3,(H2,14,18). The Bertz CT molecular complexity index is 439. The summed E-state index contributed by atoms with van der Waals surface area (Å²) in [4.78, 5) is 19.7. The summed E-state index contributed by atoms with van der Waals surface area (Å²) >= 11 is 0. The third-order valence-corrected chi connectivity index (χ3v) is 3.24. The SMILES string of the molecule is Cc1cnc(N2CCN(CC(N)=O)CC2)c(C)c1. The number of aryl methyl sites for hydroxylation is 2. The largest absolute Gasteiger partial charge is 0.369 e. The van der Waals surface area contributed by atoms with Gasteiger partial charge in [0.1, 0.15) is 5.82 Å². The van der Waals surface area contributed by atoms with E-state index in [0.29, 0.717) is 6.54 Å². The third-order valence-electron chi connectivity index (χ3n) is 3.24. The number of nitrogens with zero attached hydrogens (tertiary/aromatic N) is 3. The highest BCUT2D eigenvalue weighted by atomic mass is 16.1. The maximum atomic E-state index is 10.9. The van der Waals surface area contributed by atoms with Gasteiger partial charge in [0.05, 0.1) is 6.54 Å². The van der Waals surface area contributed by atoms with Crippen molar-refractivity contribution in [3.63, 3.8) is 0 Å². The van der Waals surface area contributed by atoms with E-state index in [9.17, 15) is 4.79 Å². The molecule has 1 aromatic rings. The molecule has 0 bridgehead atoms. The van der Waals surface area contributed by atoms with Gasteiger partial charge in [0.2, 0.25) is 5.91 Å². The lowest BCUT2D eigenvalue weighted by Gasteiger charge is -2.35. The van der Waals surface area contributed by atoms with E-state index >= 15 is 0 Å². The average Bonchev–Trinajstić information content (AvgIpc) is 2.30. The first-order chi connectivity index (χ1) is 8.56. The van der Waals surface area contributed by atoms with E-state index in [2.05, 4.69) is 34.7 Å². The van der Waals surface area contributed by atoms with Gasteiger partial charge in [-0.1, -0.05) is 6.07 Å². The second kappa shape index (κ2) is 5.35. The van der Waals surface area contributed by atoms with Gasteiger partial charge in [-0.25, -0.2) is 4.98 Å². The van der Waals surface area contributed by atoms with E-state index in [4.69, 9.17) is 5.73 Å². The summed E-state index contributed by atoms with van der Waals surface area (Å²) in [6, 6.07) is 2.15. The molecule has 1 aliphatic heterocycles. The van der Waals surface area contributed by atoms with Gasteiger partial charge in [0, 0.05) is 32.4 Å². The fourth-order valence-electron chi connectivity index (χ4n) is 2.38. The monoisotopic (exact) mass is 248 g/mol. The van der Waals surface area contributed by atoms with Gasteiger partial charge in [-0.05, 0) is 25.0 Å². The molecule has 1 aliphatic rings. The number of rotatable bonds is 3. The quantitative estimate of drug-likeness (QED) is 0.836. The van der Waals surface area contributed by atoms with Crippen LogP contribution in [-0.4, -0.2) is 48.5 Å². The molecule has 0 saturated carbocycles. The molecule has 0 aromatic carbocycles. The van der Waals surface area contributed by atoms with Crippen LogP contribution in [0.1, 0.15) is 11.1 Å². The predicted octanol–water partition coefficient (Wildman–Crippen LogP) is 0.306. The Balaban J connectivity index is 1.99. The van der Waals surface area contributed by atoms with E-state index in [0.717, 1.165) is 32.0 Å². The van der Waals surface area contributed by atoms with Gasteiger partial charge in [-0.15, -0.1) is 0 Å². The smallest absolute Gasteiger partial charge is 0.231 e. The van der Waals surface area contributed by atoms with Crippen molar-refractivity contribution in [3.8, 4) is 0 Å². The molecular weight excluding hydrogens is 228 g/mol. The van der Waals surface area contributed by atoms with Gasteiger partial charge in [-0.2, -0.15) is 0 Å². The van der Waals surface area contributed by atoms with E-state index in [-0.39, 0.29) is 5.91 Å². The molecule has 18 heavy (non-hydrogen) atoms. The predicted molar refractivity (Wildman–Crippen MR) is 71.6 cm³/mol. The molecule has 2 rings (SSSR count). The highest BCUT2D eigenvalue weighted by molar-refractivity contribution is 5.75. The van der Waals surface area contributed by atoms with Crippen molar-refractivity contribution >= 4 is 11.7 Å². The lowest BCUT2D eigenvalue weighted by molar-refractivity contribution is -0.119. The van der Waals surface area contributed by atoms with Crippen molar-refractivity contribution in [1.29, 1.82) is 0 Å². The Kier molecular flexibility index (Phi) is 3.81. The van der Waals surface area contributed by atoms with Crippen molar-refractivity contribution in [1.82, 2.24) is 9.88 Å². The number of carbonyl (C=O) groups is 1. The first-order valence-corrected chi connectivity index (χ1v) is 6.25. The minimum absolute atomic E-state index is 0.256. The second-order valence-electron chi connectivity index (χ2n) is 4.88. The fourth-order valence-corrected chi connectivity index (χ4v) is 2.38. The van der Waals surface area contributed by atoms with Crippen LogP contribution < -0.4 is 10.6 Å². The van der Waals surface area contributed by atoms with Gasteiger partial charge < -0.3 is 10.6 Å². The lowest BCUT2D eigenvalue weighted by Crippen LogP contribution is -2.49. The third kappa shape index (κ3) is 2.98. The van der Waals surface area contributed by atoms with Gasteiger partial charge in [-0.3, -0.25) is 9.69 Å². The molecule has 1 saturated heterocycles. The topological polar surface area (TPSA) is 62.5 Å². The number of piperazine rings is 1. The molecule has 5 nitrogen and oxygen atoms in total. The summed E-state index contributed by atoms with van der Waals surface area (Å²) in [5.74, 6) is 0.799. The second-order valence-corrected chi connectivity index (χ2v) is 4.88. The van der Waals surface area contributed by atoms with Gasteiger partial charge >= 0.3 is 0 Å². The number of aromatic nitrogens is 1. The Hall–Kier alpha value is -1.62. The summed E-state index contributed by atoms with van der Waals surface area (Å²) in [5.41, 5.74) is 7.59. The highest BCUT2D eigenvalue weighted by Gasteiger charge is 2.19. The van der Waals surface area contributed by atoms with Crippen LogP contribution in [0.3, 0.4) is 0 Å². The van der Waals surface area contributed by atoms with Crippen molar-refractivity contribution in [2.45, 2.75) is 13.8 Å². The maximum Gasteiger partial charge on any atom is 0.231 e. The molecule has 98 valence electrons. The number of pyridine rings is 1. The lowest BCUT2D eigenvalue weighted by atomic mass is 10.2. The first kappa shape index (κ1) is 12.8. The molecule has 0 radical (unpaired) electrons. The molecule has 1 amide bonds. The van der Waals surface area contributed by atoms with Gasteiger partial charge in [0.15, 0.2) is 0 Å². The minimum atomic E-state index is -0.256. The summed E-state index contributed by atoms with van der Waals surface area (Å²) in [6.45, 7) is 8.00.